The van der Waals surface area contributed by atoms with E-state index < -0.39 is 11.9 Å². The van der Waals surface area contributed by atoms with Crippen LogP contribution in [0.1, 0.15) is 26.3 Å². The normalized spacial score (nSPS) is 11.9. The summed E-state index contributed by atoms with van der Waals surface area (Å²) in [6, 6.07) is 8.96. The van der Waals surface area contributed by atoms with Gasteiger partial charge in [-0.15, -0.1) is 0 Å². The summed E-state index contributed by atoms with van der Waals surface area (Å²) >= 11 is 24.3. The Morgan fingerprint density at radius 3 is 2.16 bits per heavy atom. The maximum Gasteiger partial charge on any atom is 0.261 e. The number of halogens is 4. The Kier molecular flexibility index (Phi) is 9.76. The molecule has 31 heavy (non-hydrogen) atoms. The van der Waals surface area contributed by atoms with Crippen LogP contribution in [0.5, 0.6) is 5.75 Å². The van der Waals surface area contributed by atoms with Gasteiger partial charge in [0.2, 0.25) is 5.91 Å². The van der Waals surface area contributed by atoms with Gasteiger partial charge >= 0.3 is 0 Å². The molecule has 0 aliphatic rings. The summed E-state index contributed by atoms with van der Waals surface area (Å²) in [6.07, 6.45) is 0. The number of nitrogens with zero attached hydrogens (tertiary/aromatic N) is 1. The van der Waals surface area contributed by atoms with Gasteiger partial charge in [-0.2, -0.15) is 0 Å². The highest BCUT2D eigenvalue weighted by Gasteiger charge is 2.27. The van der Waals surface area contributed by atoms with Gasteiger partial charge in [0.1, 0.15) is 11.8 Å². The molecule has 0 spiro atoms. The molecule has 9 heteroatoms. The maximum atomic E-state index is 13.0. The zero-order valence-electron chi connectivity index (χ0n) is 17.4. The number of amides is 2. The van der Waals surface area contributed by atoms with Crippen LogP contribution < -0.4 is 10.1 Å². The topological polar surface area (TPSA) is 58.6 Å². The van der Waals surface area contributed by atoms with Crippen molar-refractivity contribution in [3.05, 3.63) is 62.1 Å². The molecule has 2 rings (SSSR count). The van der Waals surface area contributed by atoms with Gasteiger partial charge in [0.25, 0.3) is 5.91 Å². The highest BCUT2D eigenvalue weighted by Crippen LogP contribution is 2.28. The van der Waals surface area contributed by atoms with Crippen molar-refractivity contribution in [2.75, 3.05) is 13.2 Å². The van der Waals surface area contributed by atoms with Gasteiger partial charge in [-0.3, -0.25) is 9.59 Å². The molecule has 0 radical (unpaired) electrons. The predicted molar refractivity (Wildman–Crippen MR) is 126 cm³/mol. The average Bonchev–Trinajstić information content (AvgIpc) is 2.70. The molecule has 2 amide bonds. The van der Waals surface area contributed by atoms with Crippen molar-refractivity contribution in [2.24, 2.45) is 5.92 Å². The van der Waals surface area contributed by atoms with E-state index in [0.717, 1.165) is 0 Å². The van der Waals surface area contributed by atoms with Crippen LogP contribution in [-0.2, 0) is 16.1 Å². The Morgan fingerprint density at radius 2 is 1.58 bits per heavy atom. The summed E-state index contributed by atoms with van der Waals surface area (Å²) < 4.78 is 5.58. The summed E-state index contributed by atoms with van der Waals surface area (Å²) in [5.74, 6) is -0.0666. The second-order valence-corrected chi connectivity index (χ2v) is 9.12. The summed E-state index contributed by atoms with van der Waals surface area (Å²) in [6.45, 7) is 5.95. The lowest BCUT2D eigenvalue weighted by Crippen LogP contribution is -2.49. The van der Waals surface area contributed by atoms with E-state index in [9.17, 15) is 9.59 Å². The molecule has 5 nitrogen and oxygen atoms in total. The largest absolute Gasteiger partial charge is 0.482 e. The zero-order chi connectivity index (χ0) is 23.1. The minimum Gasteiger partial charge on any atom is -0.482 e. The summed E-state index contributed by atoms with van der Waals surface area (Å²) in [7, 11) is 0. The summed E-state index contributed by atoms with van der Waals surface area (Å²) in [4.78, 5) is 27.1. The van der Waals surface area contributed by atoms with Crippen LogP contribution >= 0.6 is 46.4 Å². The lowest BCUT2D eigenvalue weighted by Gasteiger charge is -2.29. The van der Waals surface area contributed by atoms with Crippen LogP contribution in [0.4, 0.5) is 0 Å². The highest BCUT2D eigenvalue weighted by atomic mass is 35.5. The third-order valence-electron chi connectivity index (χ3n) is 4.45. The number of carbonyl (C=O) groups excluding carboxylic acids is 2. The smallest absolute Gasteiger partial charge is 0.261 e. The van der Waals surface area contributed by atoms with E-state index in [0.29, 0.717) is 32.9 Å². The summed E-state index contributed by atoms with van der Waals surface area (Å²) in [5.41, 5.74) is 0.660. The van der Waals surface area contributed by atoms with Crippen LogP contribution in [-0.4, -0.2) is 35.9 Å². The molecule has 0 bridgehead atoms. The molecular weight excluding hydrogens is 482 g/mol. The number of carbonyl (C=O) groups is 2. The number of rotatable bonds is 9. The van der Waals surface area contributed by atoms with Gasteiger partial charge in [0.15, 0.2) is 6.61 Å². The first-order valence-electron chi connectivity index (χ1n) is 9.67. The van der Waals surface area contributed by atoms with E-state index in [4.69, 9.17) is 51.1 Å². The molecule has 0 fully saturated rings. The minimum absolute atomic E-state index is 0.114. The van der Waals surface area contributed by atoms with E-state index in [-0.39, 0.29) is 30.0 Å². The predicted octanol–water partition coefficient (Wildman–Crippen LogP) is 5.87. The van der Waals surface area contributed by atoms with Gasteiger partial charge in [-0.05, 0) is 48.7 Å². The lowest BCUT2D eigenvalue weighted by molar-refractivity contribution is -0.142. The molecule has 0 unspecified atom stereocenters. The van der Waals surface area contributed by atoms with Crippen molar-refractivity contribution in [3.63, 3.8) is 0 Å². The van der Waals surface area contributed by atoms with E-state index >= 15 is 0 Å². The Morgan fingerprint density at radius 1 is 0.968 bits per heavy atom. The van der Waals surface area contributed by atoms with E-state index in [2.05, 4.69) is 5.32 Å². The average molecular weight is 506 g/mol. The van der Waals surface area contributed by atoms with Crippen LogP contribution in [0.3, 0.4) is 0 Å². The van der Waals surface area contributed by atoms with Crippen molar-refractivity contribution in [3.8, 4) is 5.75 Å². The number of ether oxygens (including phenoxy) is 1. The van der Waals surface area contributed by atoms with E-state index in [1.807, 2.05) is 13.8 Å². The Hall–Kier alpha value is -1.66. The first-order valence-corrected chi connectivity index (χ1v) is 11.2. The number of benzene rings is 2. The second-order valence-electron chi connectivity index (χ2n) is 7.44. The fraction of sp³-hybridized carbons (Fsp3) is 0.364. The quantitative estimate of drug-likeness (QED) is 0.463. The SMILES string of the molecule is CC(C)CNC(=O)[C@@H](C)N(Cc1ccc(Cl)cc1Cl)C(=O)COc1ccc(Cl)cc1Cl. The van der Waals surface area contributed by atoms with Crippen LogP contribution in [0.15, 0.2) is 36.4 Å². The van der Waals surface area contributed by atoms with Crippen molar-refractivity contribution in [1.29, 1.82) is 0 Å². The Balaban J connectivity index is 2.20. The highest BCUT2D eigenvalue weighted by molar-refractivity contribution is 6.35. The van der Waals surface area contributed by atoms with Crippen molar-refractivity contribution in [1.82, 2.24) is 10.2 Å². The third kappa shape index (κ3) is 7.76. The first kappa shape index (κ1) is 25.6. The molecule has 0 saturated heterocycles. The molecule has 1 atom stereocenters. The molecule has 168 valence electrons. The molecular formula is C22H24Cl4N2O3. The van der Waals surface area contributed by atoms with Crippen molar-refractivity contribution < 1.29 is 14.3 Å². The molecule has 2 aromatic carbocycles. The molecule has 0 aliphatic carbocycles. The standard InChI is InChI=1S/C22H24Cl4N2O3/c1-13(2)10-27-22(30)14(3)28(11-15-4-5-16(23)8-18(15)25)21(29)12-31-20-7-6-17(24)9-19(20)26/h4-9,13-14H,10-12H2,1-3H3,(H,27,30)/t14-/m1/s1. The Bertz CT molecular complexity index is 937. The third-order valence-corrected chi connectivity index (χ3v) is 5.57. The molecule has 2 aromatic rings. The van der Waals surface area contributed by atoms with E-state index in [1.54, 1.807) is 37.3 Å². The molecule has 0 saturated carbocycles. The second kappa shape index (κ2) is 11.8. The number of nitrogens with one attached hydrogen (secondary N) is 1. The maximum absolute atomic E-state index is 13.0. The van der Waals surface area contributed by atoms with Gasteiger partial charge in [0.05, 0.1) is 5.02 Å². The molecule has 0 aromatic heterocycles. The fourth-order valence-corrected chi connectivity index (χ4v) is 3.61. The van der Waals surface area contributed by atoms with Gasteiger partial charge in [-0.25, -0.2) is 0 Å². The number of hydrogen-bond acceptors (Lipinski definition) is 3. The summed E-state index contributed by atoms with van der Waals surface area (Å²) in [5, 5.41) is 4.48. The molecule has 1 N–H and O–H groups in total. The minimum atomic E-state index is -0.748. The first-order chi connectivity index (χ1) is 14.6. The fourth-order valence-electron chi connectivity index (χ4n) is 2.68. The van der Waals surface area contributed by atoms with Crippen LogP contribution in [0.25, 0.3) is 0 Å². The molecule has 0 aliphatic heterocycles. The molecule has 0 heterocycles. The van der Waals surface area contributed by atoms with Gasteiger partial charge < -0.3 is 15.0 Å². The van der Waals surface area contributed by atoms with E-state index in [1.165, 1.54) is 11.0 Å². The van der Waals surface area contributed by atoms with Crippen molar-refractivity contribution >= 4 is 58.2 Å². The van der Waals surface area contributed by atoms with Gasteiger partial charge in [-0.1, -0.05) is 66.3 Å². The zero-order valence-corrected chi connectivity index (χ0v) is 20.4. The monoisotopic (exact) mass is 504 g/mol. The number of hydrogen-bond donors (Lipinski definition) is 1. The van der Waals surface area contributed by atoms with Crippen LogP contribution in [0.2, 0.25) is 20.1 Å². The van der Waals surface area contributed by atoms with Gasteiger partial charge in [0, 0.05) is 28.2 Å². The van der Waals surface area contributed by atoms with Crippen LogP contribution in [0, 0.1) is 5.92 Å². The Labute approximate surface area is 202 Å². The van der Waals surface area contributed by atoms with Crippen molar-refractivity contribution in [2.45, 2.75) is 33.4 Å². The lowest BCUT2D eigenvalue weighted by atomic mass is 10.1.